The fraction of sp³-hybridized carbons (Fsp3) is 0.500. The normalized spacial score (nSPS) is 11.1. The number of anilines is 1. The number of hydrogen-bond donors (Lipinski definition) is 2. The van der Waals surface area contributed by atoms with Crippen molar-refractivity contribution in [3.8, 4) is 0 Å². The summed E-state index contributed by atoms with van der Waals surface area (Å²) < 4.78 is 4.24. The molecule has 0 aromatic carbocycles. The van der Waals surface area contributed by atoms with Crippen LogP contribution in [0, 0.1) is 4.77 Å². The van der Waals surface area contributed by atoms with Crippen molar-refractivity contribution in [2.75, 3.05) is 5.73 Å². The number of rotatable bonds is 7. The van der Waals surface area contributed by atoms with E-state index in [2.05, 4.69) is 23.5 Å². The Morgan fingerprint density at radius 3 is 2.81 bits per heavy atom. The van der Waals surface area contributed by atoms with Gasteiger partial charge in [0, 0.05) is 13.1 Å². The van der Waals surface area contributed by atoms with E-state index in [0.717, 1.165) is 19.4 Å². The van der Waals surface area contributed by atoms with Gasteiger partial charge >= 0.3 is 0 Å². The highest BCUT2D eigenvalue weighted by atomic mass is 32.1. The second-order valence-electron chi connectivity index (χ2n) is 5.02. The quantitative estimate of drug-likeness (QED) is 0.468. The zero-order chi connectivity index (χ0) is 15.4. The number of aromatic nitrogens is 4. The van der Waals surface area contributed by atoms with Gasteiger partial charge < -0.3 is 14.9 Å². The summed E-state index contributed by atoms with van der Waals surface area (Å²) in [5.74, 6) is 0.112. The minimum atomic E-state index is -0.266. The first kappa shape index (κ1) is 15.5. The highest BCUT2D eigenvalue weighted by molar-refractivity contribution is 7.71. The number of nitrogens with one attached hydrogen (secondary N) is 1. The molecule has 0 unspecified atom stereocenters. The molecule has 0 atom stereocenters. The number of unbranched alkanes of at least 4 members (excludes halogenated alkanes) is 3. The van der Waals surface area contributed by atoms with Crippen LogP contribution in [0.2, 0.25) is 0 Å². The number of nitrogen functional groups attached to an aromatic ring is 1. The largest absolute Gasteiger partial charge is 0.369 e. The van der Waals surface area contributed by atoms with Crippen molar-refractivity contribution in [2.24, 2.45) is 0 Å². The Kier molecular flexibility index (Phi) is 4.95. The van der Waals surface area contributed by atoms with E-state index in [-0.39, 0.29) is 11.5 Å². The number of nitrogens with two attached hydrogens (primary N) is 1. The Balaban J connectivity index is 2.53. The number of fused-ring (bicyclic) bond motifs is 1. The van der Waals surface area contributed by atoms with Crippen LogP contribution in [0.3, 0.4) is 0 Å². The molecular weight excluding hydrogens is 286 g/mol. The van der Waals surface area contributed by atoms with Gasteiger partial charge in [0.05, 0.1) is 0 Å². The zero-order valence-corrected chi connectivity index (χ0v) is 13.1. The molecule has 0 aliphatic rings. The summed E-state index contributed by atoms with van der Waals surface area (Å²) in [5.41, 5.74) is 6.41. The first-order valence-corrected chi connectivity index (χ1v) is 7.60. The molecule has 0 spiro atoms. The van der Waals surface area contributed by atoms with Gasteiger partial charge in [-0.3, -0.25) is 9.78 Å². The van der Waals surface area contributed by atoms with E-state index in [4.69, 9.17) is 18.0 Å². The second kappa shape index (κ2) is 6.71. The highest BCUT2D eigenvalue weighted by Crippen LogP contribution is 2.15. The number of aryl methyl sites for hydroxylation is 1. The smallest absolute Gasteiger partial charge is 0.278 e. The predicted octanol–water partition coefficient (Wildman–Crippen LogP) is 2.60. The van der Waals surface area contributed by atoms with Gasteiger partial charge in [0.15, 0.2) is 15.9 Å². The average Bonchev–Trinajstić information content (AvgIpc) is 2.69. The summed E-state index contributed by atoms with van der Waals surface area (Å²) in [6.45, 7) is 7.11. The van der Waals surface area contributed by atoms with Crippen molar-refractivity contribution < 1.29 is 0 Å². The number of aromatic amines is 1. The maximum atomic E-state index is 12.1. The Morgan fingerprint density at radius 1 is 1.38 bits per heavy atom. The van der Waals surface area contributed by atoms with Crippen LogP contribution in [0.25, 0.3) is 11.2 Å². The van der Waals surface area contributed by atoms with Crippen molar-refractivity contribution in [3.63, 3.8) is 0 Å². The lowest BCUT2D eigenvalue weighted by Crippen LogP contribution is -2.14. The molecule has 7 heteroatoms. The highest BCUT2D eigenvalue weighted by Gasteiger charge is 2.15. The fourth-order valence-corrected chi connectivity index (χ4v) is 2.78. The molecule has 0 amide bonds. The fourth-order valence-electron chi connectivity index (χ4n) is 2.43. The lowest BCUT2D eigenvalue weighted by atomic mass is 10.2. The van der Waals surface area contributed by atoms with Crippen molar-refractivity contribution in [3.05, 3.63) is 27.8 Å². The third kappa shape index (κ3) is 3.07. The van der Waals surface area contributed by atoms with Crippen LogP contribution in [0.1, 0.15) is 32.6 Å². The number of allylic oxidation sites excluding steroid dienone is 1. The molecule has 21 heavy (non-hydrogen) atoms. The van der Waals surface area contributed by atoms with E-state index in [0.29, 0.717) is 22.5 Å². The number of imidazole rings is 1. The van der Waals surface area contributed by atoms with Gasteiger partial charge in [0.25, 0.3) is 5.56 Å². The summed E-state index contributed by atoms with van der Waals surface area (Å²) in [6, 6.07) is 0. The van der Waals surface area contributed by atoms with Crippen LogP contribution < -0.4 is 11.3 Å². The first-order chi connectivity index (χ1) is 10.1. The lowest BCUT2D eigenvalue weighted by molar-refractivity contribution is 0.577. The Bertz CT molecular complexity index is 755. The van der Waals surface area contributed by atoms with E-state index < -0.39 is 0 Å². The van der Waals surface area contributed by atoms with E-state index in [9.17, 15) is 4.79 Å². The summed E-state index contributed by atoms with van der Waals surface area (Å²) in [6.07, 6.45) is 6.21. The number of nitrogens with zero attached hydrogens (tertiary/aromatic N) is 3. The molecule has 0 aliphatic heterocycles. The van der Waals surface area contributed by atoms with Crippen LogP contribution >= 0.6 is 12.2 Å². The van der Waals surface area contributed by atoms with Gasteiger partial charge in [0.2, 0.25) is 5.95 Å². The molecule has 2 heterocycles. The average molecular weight is 307 g/mol. The minimum Gasteiger partial charge on any atom is -0.369 e. The number of hydrogen-bond acceptors (Lipinski definition) is 4. The Labute approximate surface area is 128 Å². The van der Waals surface area contributed by atoms with Crippen LogP contribution in [0.4, 0.5) is 5.95 Å². The Hall–Kier alpha value is -1.89. The van der Waals surface area contributed by atoms with Crippen LogP contribution in [0.15, 0.2) is 17.4 Å². The van der Waals surface area contributed by atoms with Crippen molar-refractivity contribution in [1.29, 1.82) is 0 Å². The molecule has 0 fully saturated rings. The van der Waals surface area contributed by atoms with Crippen LogP contribution in [0.5, 0.6) is 0 Å². The molecule has 0 radical (unpaired) electrons. The van der Waals surface area contributed by atoms with Gasteiger partial charge in [-0.1, -0.05) is 32.3 Å². The van der Waals surface area contributed by atoms with Crippen LogP contribution in [-0.4, -0.2) is 19.1 Å². The second-order valence-corrected chi connectivity index (χ2v) is 5.38. The molecule has 0 bridgehead atoms. The summed E-state index contributed by atoms with van der Waals surface area (Å²) >= 11 is 5.48. The van der Waals surface area contributed by atoms with E-state index in [1.165, 1.54) is 12.8 Å². The molecule has 0 saturated carbocycles. The van der Waals surface area contributed by atoms with E-state index in [1.54, 1.807) is 10.6 Å². The first-order valence-electron chi connectivity index (χ1n) is 7.19. The third-order valence-corrected chi connectivity index (χ3v) is 3.87. The topological polar surface area (TPSA) is 81.6 Å². The molecule has 2 aromatic heterocycles. The minimum absolute atomic E-state index is 0.112. The molecule has 3 N–H and O–H groups in total. The van der Waals surface area contributed by atoms with E-state index >= 15 is 0 Å². The Morgan fingerprint density at radius 2 is 2.14 bits per heavy atom. The summed E-state index contributed by atoms with van der Waals surface area (Å²) in [4.78, 5) is 18.9. The molecule has 114 valence electrons. The number of H-pyrrole nitrogens is 1. The van der Waals surface area contributed by atoms with Crippen molar-refractivity contribution >= 4 is 29.3 Å². The summed E-state index contributed by atoms with van der Waals surface area (Å²) in [7, 11) is 0. The van der Waals surface area contributed by atoms with Gasteiger partial charge in [-0.2, -0.15) is 4.98 Å². The van der Waals surface area contributed by atoms with E-state index in [1.807, 2.05) is 4.57 Å². The van der Waals surface area contributed by atoms with Crippen molar-refractivity contribution in [1.82, 2.24) is 19.1 Å². The molecule has 6 nitrogen and oxygen atoms in total. The van der Waals surface area contributed by atoms with Gasteiger partial charge in [-0.05, 0) is 18.6 Å². The zero-order valence-electron chi connectivity index (χ0n) is 12.3. The third-order valence-electron chi connectivity index (χ3n) is 3.43. The lowest BCUT2D eigenvalue weighted by Gasteiger charge is -2.03. The predicted molar refractivity (Wildman–Crippen MR) is 87.9 cm³/mol. The maximum Gasteiger partial charge on any atom is 0.278 e. The molecular formula is C14H21N5OS. The molecule has 2 rings (SSSR count). The molecule has 2 aromatic rings. The SMILES string of the molecule is C=CCn1c(=S)n(CCCCCC)c2nc(N)[nH]c(=O)c21. The van der Waals surface area contributed by atoms with Crippen LogP contribution in [-0.2, 0) is 13.1 Å². The maximum absolute atomic E-state index is 12.1. The van der Waals surface area contributed by atoms with Crippen molar-refractivity contribution in [2.45, 2.75) is 45.7 Å². The molecule has 0 aliphatic carbocycles. The van der Waals surface area contributed by atoms with Gasteiger partial charge in [-0.15, -0.1) is 6.58 Å². The summed E-state index contributed by atoms with van der Waals surface area (Å²) in [5, 5.41) is 0. The monoisotopic (exact) mass is 307 g/mol. The van der Waals surface area contributed by atoms with Gasteiger partial charge in [-0.25, -0.2) is 0 Å². The molecule has 0 saturated heterocycles. The standard InChI is InChI=1S/C14H21N5OS/c1-3-5-6-7-9-19-11-10(12(20)17-13(15)16-11)18(8-4-2)14(19)21/h4H,2-3,5-9H2,1H3,(H3,15,16,17,20). The van der Waals surface area contributed by atoms with Gasteiger partial charge in [0.1, 0.15) is 0 Å².